The fourth-order valence-corrected chi connectivity index (χ4v) is 2.95. The largest absolute Gasteiger partial charge is 0.480 e. The summed E-state index contributed by atoms with van der Waals surface area (Å²) < 4.78 is 13.7. The first-order valence-corrected chi connectivity index (χ1v) is 7.29. The van der Waals surface area contributed by atoms with Gasteiger partial charge in [0.05, 0.1) is 0 Å². The molecule has 1 aromatic rings. The van der Waals surface area contributed by atoms with Gasteiger partial charge < -0.3 is 15.3 Å². The van der Waals surface area contributed by atoms with Crippen molar-refractivity contribution >= 4 is 29.4 Å². The summed E-state index contributed by atoms with van der Waals surface area (Å²) in [6, 6.07) is 1.37. The molecule has 24 heavy (non-hydrogen) atoms. The van der Waals surface area contributed by atoms with Gasteiger partial charge in [0.2, 0.25) is 11.8 Å². The minimum absolute atomic E-state index is 0.0443. The van der Waals surface area contributed by atoms with E-state index in [9.17, 15) is 23.6 Å². The molecule has 0 bridgehead atoms. The van der Waals surface area contributed by atoms with E-state index in [4.69, 9.17) is 5.11 Å². The number of carboxylic acids is 1. The SMILES string of the molecule is O=C(O)CNc1cc(F)cc2c1CN(C1CCC(=O)NC1=O)C2=O. The number of carbonyl (C=O) groups excluding carboxylic acids is 3. The molecule has 3 rings (SSSR count). The van der Waals surface area contributed by atoms with E-state index >= 15 is 0 Å². The van der Waals surface area contributed by atoms with Crippen molar-refractivity contribution < 1.29 is 28.7 Å². The van der Waals surface area contributed by atoms with E-state index in [-0.39, 0.29) is 30.6 Å². The number of carboxylic acid groups (broad SMARTS) is 1. The predicted molar refractivity (Wildman–Crippen MR) is 78.6 cm³/mol. The van der Waals surface area contributed by atoms with Gasteiger partial charge in [-0.1, -0.05) is 0 Å². The Morgan fingerprint density at radius 3 is 2.79 bits per heavy atom. The monoisotopic (exact) mass is 335 g/mol. The highest BCUT2D eigenvalue weighted by Gasteiger charge is 2.40. The van der Waals surface area contributed by atoms with Crippen LogP contribution in [0.2, 0.25) is 0 Å². The Morgan fingerprint density at radius 1 is 1.38 bits per heavy atom. The summed E-state index contributed by atoms with van der Waals surface area (Å²) >= 11 is 0. The van der Waals surface area contributed by atoms with Gasteiger partial charge in [0.15, 0.2) is 0 Å². The Kier molecular flexibility index (Phi) is 3.92. The molecule has 1 unspecified atom stereocenters. The Balaban J connectivity index is 1.89. The van der Waals surface area contributed by atoms with Gasteiger partial charge in [-0.25, -0.2) is 4.39 Å². The van der Waals surface area contributed by atoms with Crippen molar-refractivity contribution in [3.63, 3.8) is 0 Å². The minimum atomic E-state index is -1.13. The molecule has 1 fully saturated rings. The maximum atomic E-state index is 13.7. The zero-order valence-corrected chi connectivity index (χ0v) is 12.5. The first kappa shape index (κ1) is 15.9. The van der Waals surface area contributed by atoms with Crippen molar-refractivity contribution in [3.05, 3.63) is 29.1 Å². The molecule has 9 heteroatoms. The predicted octanol–water partition coefficient (Wildman–Crippen LogP) is 0.0832. The van der Waals surface area contributed by atoms with E-state index in [0.29, 0.717) is 5.56 Å². The molecule has 1 atom stereocenters. The summed E-state index contributed by atoms with van der Waals surface area (Å²) in [6.07, 6.45) is 0.319. The fraction of sp³-hybridized carbons (Fsp3) is 0.333. The number of carbonyl (C=O) groups is 4. The zero-order valence-electron chi connectivity index (χ0n) is 12.5. The van der Waals surface area contributed by atoms with Gasteiger partial charge in [0.1, 0.15) is 18.4 Å². The number of amides is 3. The van der Waals surface area contributed by atoms with Crippen molar-refractivity contribution in [2.45, 2.75) is 25.4 Å². The molecule has 0 spiro atoms. The number of fused-ring (bicyclic) bond motifs is 1. The van der Waals surface area contributed by atoms with E-state index in [1.54, 1.807) is 0 Å². The first-order chi connectivity index (χ1) is 11.4. The van der Waals surface area contributed by atoms with E-state index in [2.05, 4.69) is 10.6 Å². The van der Waals surface area contributed by atoms with Gasteiger partial charge in [-0.05, 0) is 18.6 Å². The summed E-state index contributed by atoms with van der Waals surface area (Å²) in [5.41, 5.74) is 0.732. The van der Waals surface area contributed by atoms with Crippen LogP contribution in [0.15, 0.2) is 12.1 Å². The molecule has 0 aromatic heterocycles. The maximum absolute atomic E-state index is 13.7. The lowest BCUT2D eigenvalue weighted by Gasteiger charge is -2.29. The number of nitrogens with zero attached hydrogens (tertiary/aromatic N) is 1. The van der Waals surface area contributed by atoms with Crippen LogP contribution in [0, 0.1) is 5.82 Å². The Hall–Kier alpha value is -2.97. The van der Waals surface area contributed by atoms with Crippen LogP contribution in [-0.2, 0) is 20.9 Å². The van der Waals surface area contributed by atoms with Gasteiger partial charge in [0.25, 0.3) is 5.91 Å². The normalized spacial score (nSPS) is 20.0. The Bertz CT molecular complexity index is 764. The van der Waals surface area contributed by atoms with E-state index in [1.807, 2.05) is 0 Å². The molecule has 2 aliphatic heterocycles. The molecule has 2 aliphatic rings. The molecule has 126 valence electrons. The van der Waals surface area contributed by atoms with Crippen LogP contribution in [0.1, 0.15) is 28.8 Å². The highest BCUT2D eigenvalue weighted by Crippen LogP contribution is 2.33. The second-order valence-corrected chi connectivity index (χ2v) is 5.63. The third-order valence-corrected chi connectivity index (χ3v) is 4.05. The summed E-state index contributed by atoms with van der Waals surface area (Å²) in [7, 11) is 0. The number of anilines is 1. The average molecular weight is 335 g/mol. The number of imide groups is 1. The van der Waals surface area contributed by atoms with Gasteiger partial charge in [-0.2, -0.15) is 0 Å². The van der Waals surface area contributed by atoms with Gasteiger partial charge >= 0.3 is 5.97 Å². The quantitative estimate of drug-likeness (QED) is 0.671. The molecule has 0 aliphatic carbocycles. The Labute approximate surface area is 135 Å². The van der Waals surface area contributed by atoms with Gasteiger partial charge in [-0.3, -0.25) is 24.5 Å². The number of piperidine rings is 1. The maximum Gasteiger partial charge on any atom is 0.322 e. The molecule has 8 nitrogen and oxygen atoms in total. The smallest absolute Gasteiger partial charge is 0.322 e. The lowest BCUT2D eigenvalue weighted by Crippen LogP contribution is -2.52. The van der Waals surface area contributed by atoms with Crippen molar-refractivity contribution in [3.8, 4) is 0 Å². The van der Waals surface area contributed by atoms with Crippen molar-refractivity contribution in [2.75, 3.05) is 11.9 Å². The standard InChI is InChI=1S/C15H14FN3O5/c16-7-3-8-9(10(4-7)17-5-13(21)22)6-19(15(8)24)11-1-2-12(20)18-14(11)23/h3-4,11,17H,1-2,5-6H2,(H,21,22)(H,18,20,23). The van der Waals surface area contributed by atoms with E-state index in [0.717, 1.165) is 12.1 Å². The third-order valence-electron chi connectivity index (χ3n) is 4.05. The topological polar surface area (TPSA) is 116 Å². The number of halogens is 1. The summed E-state index contributed by atoms with van der Waals surface area (Å²) in [5, 5.41) is 13.5. The fourth-order valence-electron chi connectivity index (χ4n) is 2.95. The average Bonchev–Trinajstić information content (AvgIpc) is 2.82. The molecular formula is C15H14FN3O5. The first-order valence-electron chi connectivity index (χ1n) is 7.29. The Morgan fingerprint density at radius 2 is 2.12 bits per heavy atom. The van der Waals surface area contributed by atoms with Crippen LogP contribution in [0.3, 0.4) is 0 Å². The van der Waals surface area contributed by atoms with Crippen LogP contribution in [0.5, 0.6) is 0 Å². The van der Waals surface area contributed by atoms with Crippen LogP contribution >= 0.6 is 0 Å². The second-order valence-electron chi connectivity index (χ2n) is 5.63. The number of aliphatic carboxylic acids is 1. The molecule has 0 saturated carbocycles. The minimum Gasteiger partial charge on any atom is -0.480 e. The molecule has 1 saturated heterocycles. The van der Waals surface area contributed by atoms with E-state index in [1.165, 1.54) is 4.90 Å². The lowest BCUT2D eigenvalue weighted by molar-refractivity contribution is -0.137. The number of benzene rings is 1. The number of rotatable bonds is 4. The second kappa shape index (κ2) is 5.91. The van der Waals surface area contributed by atoms with Crippen molar-refractivity contribution in [1.29, 1.82) is 0 Å². The molecular weight excluding hydrogens is 321 g/mol. The van der Waals surface area contributed by atoms with Gasteiger partial charge in [-0.15, -0.1) is 0 Å². The third kappa shape index (κ3) is 2.80. The summed E-state index contributed by atoms with van der Waals surface area (Å²) in [5.74, 6) is -3.28. The van der Waals surface area contributed by atoms with Crippen LogP contribution < -0.4 is 10.6 Å². The molecule has 3 amide bonds. The number of hydrogen-bond donors (Lipinski definition) is 3. The highest BCUT2D eigenvalue weighted by atomic mass is 19.1. The highest BCUT2D eigenvalue weighted by molar-refractivity contribution is 6.06. The lowest BCUT2D eigenvalue weighted by atomic mass is 10.0. The van der Waals surface area contributed by atoms with Crippen molar-refractivity contribution in [1.82, 2.24) is 10.2 Å². The van der Waals surface area contributed by atoms with Crippen molar-refractivity contribution in [2.24, 2.45) is 0 Å². The molecule has 1 aromatic carbocycles. The van der Waals surface area contributed by atoms with Crippen LogP contribution in [0.25, 0.3) is 0 Å². The van der Waals surface area contributed by atoms with Gasteiger partial charge in [0, 0.05) is 29.8 Å². The molecule has 3 N–H and O–H groups in total. The summed E-state index contributed by atoms with van der Waals surface area (Å²) in [4.78, 5) is 47.7. The zero-order chi connectivity index (χ0) is 17.4. The molecule has 0 radical (unpaired) electrons. The number of hydrogen-bond acceptors (Lipinski definition) is 5. The van der Waals surface area contributed by atoms with E-state index < -0.39 is 42.1 Å². The van der Waals surface area contributed by atoms with Crippen LogP contribution in [0.4, 0.5) is 10.1 Å². The molecule has 2 heterocycles. The summed E-state index contributed by atoms with van der Waals surface area (Å²) in [6.45, 7) is -0.384. The van der Waals surface area contributed by atoms with Crippen LogP contribution in [-0.4, -0.2) is 46.3 Å². The number of nitrogens with one attached hydrogen (secondary N) is 2.